The van der Waals surface area contributed by atoms with Gasteiger partial charge >= 0.3 is 0 Å². The van der Waals surface area contributed by atoms with Crippen LogP contribution < -0.4 is 5.43 Å². The van der Waals surface area contributed by atoms with Gasteiger partial charge in [0.05, 0.1) is 16.3 Å². The van der Waals surface area contributed by atoms with Crippen molar-refractivity contribution < 1.29 is 9.18 Å². The van der Waals surface area contributed by atoms with Crippen LogP contribution in [0.5, 0.6) is 0 Å². The summed E-state index contributed by atoms with van der Waals surface area (Å²) in [6, 6.07) is 7.26. The van der Waals surface area contributed by atoms with Gasteiger partial charge in [-0.25, -0.2) is 9.82 Å². The van der Waals surface area contributed by atoms with Gasteiger partial charge in [-0.2, -0.15) is 5.10 Å². The van der Waals surface area contributed by atoms with E-state index in [1.807, 2.05) is 0 Å². The lowest BCUT2D eigenvalue weighted by atomic mass is 10.1. The van der Waals surface area contributed by atoms with Crippen LogP contribution in [0, 0.1) is 5.82 Å². The zero-order chi connectivity index (χ0) is 14.5. The molecule has 0 atom stereocenters. The van der Waals surface area contributed by atoms with E-state index in [-0.39, 0.29) is 10.9 Å². The van der Waals surface area contributed by atoms with Gasteiger partial charge < -0.3 is 0 Å². The van der Waals surface area contributed by atoms with Crippen LogP contribution in [0.25, 0.3) is 0 Å². The van der Waals surface area contributed by atoms with Crippen molar-refractivity contribution in [3.05, 3.63) is 64.7 Å². The van der Waals surface area contributed by atoms with Gasteiger partial charge in [0, 0.05) is 18.0 Å². The summed E-state index contributed by atoms with van der Waals surface area (Å²) in [6.07, 6.45) is 3.01. The molecule has 0 fully saturated rings. The number of hydrazone groups is 1. The van der Waals surface area contributed by atoms with Crippen molar-refractivity contribution in [2.45, 2.75) is 6.92 Å². The van der Waals surface area contributed by atoms with E-state index in [9.17, 15) is 9.18 Å². The smallest absolute Gasteiger partial charge is 0.267 e. The number of hydrogen-bond acceptors (Lipinski definition) is 3. The molecule has 1 heterocycles. The molecule has 0 saturated heterocycles. The molecule has 20 heavy (non-hydrogen) atoms. The highest BCUT2D eigenvalue weighted by molar-refractivity contribution is 6.34. The SMILES string of the molecule is C/C(=N/NC(=O)c1cccnc1)c1ccc(F)cc1Cl. The maximum atomic E-state index is 12.9. The topological polar surface area (TPSA) is 54.4 Å². The second-order valence-corrected chi connectivity index (χ2v) is 4.41. The third kappa shape index (κ3) is 3.39. The van der Waals surface area contributed by atoms with Gasteiger partial charge in [-0.1, -0.05) is 11.6 Å². The van der Waals surface area contributed by atoms with Crippen LogP contribution in [0.1, 0.15) is 22.8 Å². The van der Waals surface area contributed by atoms with E-state index in [4.69, 9.17) is 11.6 Å². The van der Waals surface area contributed by atoms with Crippen molar-refractivity contribution in [1.29, 1.82) is 0 Å². The van der Waals surface area contributed by atoms with E-state index in [2.05, 4.69) is 15.5 Å². The Hall–Kier alpha value is -2.27. The van der Waals surface area contributed by atoms with Crippen molar-refractivity contribution in [3.8, 4) is 0 Å². The van der Waals surface area contributed by atoms with Crippen molar-refractivity contribution in [2.75, 3.05) is 0 Å². The number of aromatic nitrogens is 1. The Labute approximate surface area is 120 Å². The van der Waals surface area contributed by atoms with E-state index < -0.39 is 5.82 Å². The molecule has 0 spiro atoms. The number of halogens is 2. The third-order valence-electron chi connectivity index (χ3n) is 2.57. The standard InChI is InChI=1S/C14H11ClFN3O/c1-9(12-5-4-11(16)7-13(12)15)18-19-14(20)10-3-2-6-17-8-10/h2-8H,1H3,(H,19,20)/b18-9-. The molecule has 0 aliphatic heterocycles. The van der Waals surface area contributed by atoms with E-state index >= 15 is 0 Å². The summed E-state index contributed by atoms with van der Waals surface area (Å²) in [5.74, 6) is -0.804. The van der Waals surface area contributed by atoms with E-state index in [0.29, 0.717) is 16.8 Å². The number of benzene rings is 1. The molecule has 0 unspecified atom stereocenters. The van der Waals surface area contributed by atoms with Gasteiger partial charge in [-0.15, -0.1) is 0 Å². The maximum absolute atomic E-state index is 12.9. The molecule has 0 radical (unpaired) electrons. The van der Waals surface area contributed by atoms with E-state index in [0.717, 1.165) is 0 Å². The number of carbonyl (C=O) groups is 1. The van der Waals surface area contributed by atoms with Crippen molar-refractivity contribution in [2.24, 2.45) is 5.10 Å². The van der Waals surface area contributed by atoms with Crippen LogP contribution in [-0.4, -0.2) is 16.6 Å². The summed E-state index contributed by atoms with van der Waals surface area (Å²) in [7, 11) is 0. The van der Waals surface area contributed by atoms with Crippen LogP contribution in [0.4, 0.5) is 4.39 Å². The predicted molar refractivity (Wildman–Crippen MR) is 75.3 cm³/mol. The molecule has 0 aliphatic rings. The fourth-order valence-corrected chi connectivity index (χ4v) is 1.84. The van der Waals surface area contributed by atoms with Crippen molar-refractivity contribution in [1.82, 2.24) is 10.4 Å². The van der Waals surface area contributed by atoms with Gasteiger partial charge in [0.15, 0.2) is 0 Å². The summed E-state index contributed by atoms with van der Waals surface area (Å²) in [5, 5.41) is 4.18. The minimum absolute atomic E-state index is 0.238. The second-order valence-electron chi connectivity index (χ2n) is 4.00. The highest BCUT2D eigenvalue weighted by atomic mass is 35.5. The maximum Gasteiger partial charge on any atom is 0.272 e. The highest BCUT2D eigenvalue weighted by Crippen LogP contribution is 2.17. The Morgan fingerprint density at radius 1 is 1.40 bits per heavy atom. The number of nitrogens with zero attached hydrogens (tertiary/aromatic N) is 2. The first kappa shape index (κ1) is 14.1. The molecule has 1 amide bonds. The molecule has 0 aliphatic carbocycles. The summed E-state index contributed by atoms with van der Waals surface area (Å²) < 4.78 is 12.9. The number of rotatable bonds is 3. The van der Waals surface area contributed by atoms with Gasteiger partial charge in [-0.05, 0) is 37.3 Å². The Morgan fingerprint density at radius 3 is 2.85 bits per heavy atom. The lowest BCUT2D eigenvalue weighted by Crippen LogP contribution is -2.19. The van der Waals surface area contributed by atoms with Crippen LogP contribution in [0.15, 0.2) is 47.8 Å². The fourth-order valence-electron chi connectivity index (χ4n) is 1.54. The lowest BCUT2D eigenvalue weighted by Gasteiger charge is -2.05. The molecule has 0 bridgehead atoms. The Morgan fingerprint density at radius 2 is 2.20 bits per heavy atom. The van der Waals surface area contributed by atoms with E-state index in [1.165, 1.54) is 24.4 Å². The van der Waals surface area contributed by atoms with Gasteiger partial charge in [-0.3, -0.25) is 9.78 Å². The predicted octanol–water partition coefficient (Wildman–Crippen LogP) is 3.03. The van der Waals surface area contributed by atoms with Crippen molar-refractivity contribution in [3.63, 3.8) is 0 Å². The number of amides is 1. The van der Waals surface area contributed by atoms with Gasteiger partial charge in [0.1, 0.15) is 5.82 Å². The molecule has 2 aromatic rings. The zero-order valence-electron chi connectivity index (χ0n) is 10.6. The molecular formula is C14H11ClFN3O. The Bertz CT molecular complexity index is 659. The molecule has 1 aromatic carbocycles. The van der Waals surface area contributed by atoms with Gasteiger partial charge in [0.2, 0.25) is 0 Å². The largest absolute Gasteiger partial charge is 0.272 e. The van der Waals surface area contributed by atoms with Crippen LogP contribution in [-0.2, 0) is 0 Å². The molecule has 102 valence electrons. The normalized spacial score (nSPS) is 11.2. The molecule has 1 N–H and O–H groups in total. The minimum Gasteiger partial charge on any atom is -0.267 e. The average molecular weight is 292 g/mol. The number of carbonyl (C=O) groups excluding carboxylic acids is 1. The lowest BCUT2D eigenvalue weighted by molar-refractivity contribution is 0.0954. The van der Waals surface area contributed by atoms with Crippen LogP contribution >= 0.6 is 11.6 Å². The first-order valence-electron chi connectivity index (χ1n) is 5.78. The second kappa shape index (κ2) is 6.25. The first-order chi connectivity index (χ1) is 9.58. The molecule has 4 nitrogen and oxygen atoms in total. The quantitative estimate of drug-likeness (QED) is 0.698. The molecule has 2 rings (SSSR count). The number of hydrogen-bond donors (Lipinski definition) is 1. The molecular weight excluding hydrogens is 281 g/mol. The summed E-state index contributed by atoms with van der Waals surface area (Å²) >= 11 is 5.91. The first-order valence-corrected chi connectivity index (χ1v) is 6.16. The monoisotopic (exact) mass is 291 g/mol. The van der Waals surface area contributed by atoms with E-state index in [1.54, 1.807) is 25.3 Å². The molecule has 1 aromatic heterocycles. The average Bonchev–Trinajstić information content (AvgIpc) is 2.45. The molecule has 0 saturated carbocycles. The summed E-state index contributed by atoms with van der Waals surface area (Å²) in [5.41, 5.74) is 3.83. The minimum atomic E-state index is -0.425. The summed E-state index contributed by atoms with van der Waals surface area (Å²) in [4.78, 5) is 15.6. The third-order valence-corrected chi connectivity index (χ3v) is 2.88. The Kier molecular flexibility index (Phi) is 4.42. The zero-order valence-corrected chi connectivity index (χ0v) is 11.4. The fraction of sp³-hybridized carbons (Fsp3) is 0.0714. The number of nitrogens with one attached hydrogen (secondary N) is 1. The Balaban J connectivity index is 2.13. The van der Waals surface area contributed by atoms with Gasteiger partial charge in [0.25, 0.3) is 5.91 Å². The van der Waals surface area contributed by atoms with Crippen LogP contribution in [0.2, 0.25) is 5.02 Å². The van der Waals surface area contributed by atoms with Crippen LogP contribution in [0.3, 0.4) is 0 Å². The number of pyridine rings is 1. The van der Waals surface area contributed by atoms with Crippen molar-refractivity contribution >= 4 is 23.2 Å². The summed E-state index contributed by atoms with van der Waals surface area (Å²) in [6.45, 7) is 1.67. The highest BCUT2D eigenvalue weighted by Gasteiger charge is 2.07. The molecule has 6 heteroatoms.